The van der Waals surface area contributed by atoms with Gasteiger partial charge in [0.15, 0.2) is 6.10 Å². The number of carboxylic acid groups (broad SMARTS) is 1. The fourth-order valence-corrected chi connectivity index (χ4v) is 7.70. The van der Waals surface area contributed by atoms with Crippen molar-refractivity contribution in [1.29, 1.82) is 0 Å². The third-order valence-corrected chi connectivity index (χ3v) is 10.6. The van der Waals surface area contributed by atoms with Crippen LogP contribution in [0.2, 0.25) is 5.02 Å². The number of halogens is 1. The van der Waals surface area contributed by atoms with Gasteiger partial charge in [-0.1, -0.05) is 62.7 Å². The van der Waals surface area contributed by atoms with Crippen LogP contribution in [0, 0.1) is 5.41 Å². The van der Waals surface area contributed by atoms with Crippen LogP contribution < -0.4 is 14.8 Å². The molecule has 1 aliphatic rings. The lowest BCUT2D eigenvalue weighted by molar-refractivity contribution is -0.146. The van der Waals surface area contributed by atoms with Crippen LogP contribution in [0.4, 0.5) is 0 Å². The largest absolute Gasteiger partial charge is 0.481 e. The molecule has 6 rings (SSSR count). The van der Waals surface area contributed by atoms with Gasteiger partial charge in [0.25, 0.3) is 0 Å². The third-order valence-electron chi connectivity index (χ3n) is 9.04. The van der Waals surface area contributed by atoms with Crippen LogP contribution in [-0.4, -0.2) is 44.9 Å². The maximum atomic E-state index is 14.2. The van der Waals surface area contributed by atoms with Gasteiger partial charge in [0.2, 0.25) is 5.78 Å². The van der Waals surface area contributed by atoms with Gasteiger partial charge in [-0.2, -0.15) is 0 Å². The summed E-state index contributed by atoms with van der Waals surface area (Å²) in [6.07, 6.45) is 1.37. The Morgan fingerprint density at radius 1 is 0.922 bits per heavy atom. The lowest BCUT2D eigenvalue weighted by Crippen LogP contribution is -2.44. The molecule has 0 spiro atoms. The first-order valence-electron chi connectivity index (χ1n) is 17.4. The number of hydrogen-bond acceptors (Lipinski definition) is 6. The van der Waals surface area contributed by atoms with Gasteiger partial charge in [-0.3, -0.25) is 9.59 Å². The number of para-hydroxylation sites is 1. The van der Waals surface area contributed by atoms with Crippen LogP contribution in [0.5, 0.6) is 17.2 Å². The summed E-state index contributed by atoms with van der Waals surface area (Å²) in [6.45, 7) is 11.4. The van der Waals surface area contributed by atoms with Crippen molar-refractivity contribution in [2.24, 2.45) is 5.41 Å². The predicted molar refractivity (Wildman–Crippen MR) is 206 cm³/mol. The third kappa shape index (κ3) is 8.80. The van der Waals surface area contributed by atoms with E-state index in [2.05, 4.69) is 30.7 Å². The van der Waals surface area contributed by atoms with E-state index in [4.69, 9.17) is 21.1 Å². The number of nitrogens with one attached hydrogen (secondary N) is 1. The van der Waals surface area contributed by atoms with Crippen LogP contribution in [0.15, 0.2) is 102 Å². The molecule has 1 fully saturated rings. The minimum atomic E-state index is -1.01. The topological polar surface area (TPSA) is 89.8 Å². The normalized spacial score (nSPS) is 15.5. The molecule has 5 aromatic rings. The molecule has 266 valence electrons. The van der Waals surface area contributed by atoms with Crippen molar-refractivity contribution in [2.75, 3.05) is 6.54 Å². The van der Waals surface area contributed by atoms with E-state index >= 15 is 0 Å². The number of nitrogens with zero attached hydrogens (tertiary/aromatic N) is 1. The second-order valence-corrected chi connectivity index (χ2v) is 17.1. The van der Waals surface area contributed by atoms with Gasteiger partial charge in [-0.15, -0.1) is 11.8 Å². The SMILES string of the molecule is CC(C)(C)Sc1c(CC(C)(C)C(=O)O)n(Cc2ccc(Cl)cc2)c2ccc(OC(C(=O)c3ccc(Oc4ccccc4)cc3)C3CCCN3)cc12. The quantitative estimate of drug-likeness (QED) is 0.0923. The number of Topliss-reactive ketones (excluding diaryl/α,β-unsaturated/α-hetero) is 1. The van der Waals surface area contributed by atoms with E-state index in [0.717, 1.165) is 52.2 Å². The molecule has 0 radical (unpaired) electrons. The second-order valence-electron chi connectivity index (χ2n) is 14.8. The number of hydrogen-bond donors (Lipinski definition) is 2. The summed E-state index contributed by atoms with van der Waals surface area (Å²) in [6, 6.07) is 30.3. The number of ether oxygens (including phenoxy) is 2. The van der Waals surface area contributed by atoms with E-state index in [1.54, 1.807) is 37.7 Å². The molecule has 2 atom stereocenters. The van der Waals surface area contributed by atoms with E-state index in [1.165, 1.54) is 0 Å². The molecule has 9 heteroatoms. The summed E-state index contributed by atoms with van der Waals surface area (Å²) in [5, 5.41) is 15.3. The van der Waals surface area contributed by atoms with Crippen molar-refractivity contribution in [2.45, 2.75) is 82.2 Å². The average Bonchev–Trinajstić information content (AvgIpc) is 3.72. The number of aromatic nitrogens is 1. The van der Waals surface area contributed by atoms with Crippen LogP contribution in [0.3, 0.4) is 0 Å². The molecule has 1 aromatic heterocycles. The van der Waals surface area contributed by atoms with Gasteiger partial charge in [-0.05, 0) is 106 Å². The van der Waals surface area contributed by atoms with Crippen molar-refractivity contribution < 1.29 is 24.2 Å². The van der Waals surface area contributed by atoms with E-state index in [1.807, 2.05) is 84.9 Å². The van der Waals surface area contributed by atoms with Crippen LogP contribution >= 0.6 is 23.4 Å². The summed E-state index contributed by atoms with van der Waals surface area (Å²) in [4.78, 5) is 27.6. The lowest BCUT2D eigenvalue weighted by Gasteiger charge is -2.24. The highest BCUT2D eigenvalue weighted by molar-refractivity contribution is 8.00. The number of carbonyl (C=O) groups excluding carboxylic acids is 1. The fraction of sp³-hybridized carbons (Fsp3) is 0.333. The van der Waals surface area contributed by atoms with E-state index in [0.29, 0.717) is 35.1 Å². The molecule has 7 nitrogen and oxygen atoms in total. The molecule has 4 aromatic carbocycles. The van der Waals surface area contributed by atoms with Crippen molar-refractivity contribution in [1.82, 2.24) is 9.88 Å². The molecule has 1 aliphatic heterocycles. The zero-order chi connectivity index (χ0) is 36.3. The number of aliphatic carboxylic acids is 1. The molecule has 2 heterocycles. The molecular weight excluding hydrogens is 680 g/mol. The summed E-state index contributed by atoms with van der Waals surface area (Å²) >= 11 is 7.94. The highest BCUT2D eigenvalue weighted by atomic mass is 35.5. The van der Waals surface area contributed by atoms with Gasteiger partial charge >= 0.3 is 5.97 Å². The number of carboxylic acids is 1. The maximum Gasteiger partial charge on any atom is 0.309 e. The molecule has 0 amide bonds. The minimum Gasteiger partial charge on any atom is -0.481 e. The van der Waals surface area contributed by atoms with Crippen molar-refractivity contribution in [3.63, 3.8) is 0 Å². The fourth-order valence-electron chi connectivity index (χ4n) is 6.38. The summed E-state index contributed by atoms with van der Waals surface area (Å²) in [5.41, 5.74) is 2.51. The molecule has 2 N–H and O–H groups in total. The Bertz CT molecular complexity index is 1990. The molecule has 1 saturated heterocycles. The zero-order valence-corrected chi connectivity index (χ0v) is 31.3. The van der Waals surface area contributed by atoms with E-state index in [-0.39, 0.29) is 16.6 Å². The first-order chi connectivity index (χ1) is 24.3. The summed E-state index contributed by atoms with van der Waals surface area (Å²) in [7, 11) is 0. The van der Waals surface area contributed by atoms with E-state index < -0.39 is 17.5 Å². The predicted octanol–water partition coefficient (Wildman–Crippen LogP) is 10.1. The van der Waals surface area contributed by atoms with Crippen molar-refractivity contribution in [3.05, 3.63) is 119 Å². The van der Waals surface area contributed by atoms with Crippen LogP contribution in [-0.2, 0) is 17.8 Å². The Labute approximate surface area is 309 Å². The maximum absolute atomic E-state index is 14.2. The Balaban J connectivity index is 1.39. The smallest absolute Gasteiger partial charge is 0.309 e. The van der Waals surface area contributed by atoms with Gasteiger partial charge in [0.05, 0.1) is 11.5 Å². The Hall–Kier alpha value is -4.24. The molecule has 2 unspecified atom stereocenters. The number of benzene rings is 4. The monoisotopic (exact) mass is 724 g/mol. The number of ketones is 1. The number of fused-ring (bicyclic) bond motifs is 1. The van der Waals surface area contributed by atoms with Crippen molar-refractivity contribution >= 4 is 46.0 Å². The molecular formula is C42H45ClN2O5S. The standard InChI is InChI=1S/C42H45ClN2O5S/c1-41(2,3)51-39-33-24-32(21-22-35(33)45(26-27-13-17-29(43)18-14-27)36(39)25-42(4,5)40(47)48)50-38(34-12-9-23-44-34)37(46)28-15-19-31(20-16-28)49-30-10-7-6-8-11-30/h6-8,10-11,13-22,24,34,38,44H,9,12,23,25-26H2,1-5H3,(H,47,48). The highest BCUT2D eigenvalue weighted by Crippen LogP contribution is 2.44. The Kier molecular flexibility index (Phi) is 10.9. The van der Waals surface area contributed by atoms with Gasteiger partial charge in [0.1, 0.15) is 17.2 Å². The van der Waals surface area contributed by atoms with Crippen LogP contribution in [0.1, 0.15) is 69.1 Å². The average molecular weight is 725 g/mol. The first kappa shape index (κ1) is 36.5. The summed E-state index contributed by atoms with van der Waals surface area (Å²) < 4.78 is 14.7. The highest BCUT2D eigenvalue weighted by Gasteiger charge is 2.35. The molecule has 0 bridgehead atoms. The second kappa shape index (κ2) is 15.2. The molecule has 51 heavy (non-hydrogen) atoms. The first-order valence-corrected chi connectivity index (χ1v) is 18.6. The number of thioether (sulfide) groups is 1. The van der Waals surface area contributed by atoms with E-state index in [9.17, 15) is 14.7 Å². The van der Waals surface area contributed by atoms with Crippen LogP contribution in [0.25, 0.3) is 10.9 Å². The van der Waals surface area contributed by atoms with Gasteiger partial charge < -0.3 is 24.5 Å². The summed E-state index contributed by atoms with van der Waals surface area (Å²) in [5.74, 6) is 1.00. The zero-order valence-electron chi connectivity index (χ0n) is 29.7. The Morgan fingerprint density at radius 3 is 2.22 bits per heavy atom. The molecule has 0 aliphatic carbocycles. The van der Waals surface area contributed by atoms with Crippen molar-refractivity contribution in [3.8, 4) is 17.2 Å². The number of carbonyl (C=O) groups is 2. The van der Waals surface area contributed by atoms with Gasteiger partial charge in [0, 0.05) is 49.8 Å². The Morgan fingerprint density at radius 2 is 1.59 bits per heavy atom. The minimum absolute atomic E-state index is 0.103. The number of rotatable bonds is 13. The van der Waals surface area contributed by atoms with Gasteiger partial charge in [-0.25, -0.2) is 0 Å². The molecule has 0 saturated carbocycles. The lowest BCUT2D eigenvalue weighted by atomic mass is 9.88.